The molecule has 0 amide bonds. The summed E-state index contributed by atoms with van der Waals surface area (Å²) in [6, 6.07) is 6.08. The second kappa shape index (κ2) is 5.90. The molecule has 7 nitrogen and oxygen atoms in total. The molecule has 0 fully saturated rings. The topological polar surface area (TPSA) is 109 Å². The number of thiocyanates is 1. The molecule has 1 aromatic heterocycles. The lowest BCUT2D eigenvalue weighted by Gasteiger charge is -2.05. The van der Waals surface area contributed by atoms with Gasteiger partial charge < -0.3 is 0 Å². The minimum atomic E-state index is -0.645. The Bertz CT molecular complexity index is 713. The smallest absolute Gasteiger partial charge is 0.264 e. The summed E-state index contributed by atoms with van der Waals surface area (Å²) < 4.78 is 0. The van der Waals surface area contributed by atoms with E-state index >= 15 is 0 Å². The zero-order valence-corrected chi connectivity index (χ0v) is 10.7. The number of nitro groups is 1. The first-order valence-electron chi connectivity index (χ1n) is 5.29. The van der Waals surface area contributed by atoms with Crippen LogP contribution in [0.2, 0.25) is 0 Å². The van der Waals surface area contributed by atoms with E-state index in [9.17, 15) is 15.0 Å². The van der Waals surface area contributed by atoms with Crippen LogP contribution in [-0.2, 0) is 0 Å². The Morgan fingerprint density at radius 3 is 2.75 bits per heavy atom. The lowest BCUT2D eigenvalue weighted by Crippen LogP contribution is -1.92. The van der Waals surface area contributed by atoms with Gasteiger partial charge in [0.1, 0.15) is 16.0 Å². The lowest BCUT2D eigenvalue weighted by molar-refractivity contribution is -0.387. The first kappa shape index (κ1) is 13.6. The van der Waals surface area contributed by atoms with Crippen molar-refractivity contribution in [2.75, 3.05) is 0 Å². The van der Waals surface area contributed by atoms with E-state index in [-0.39, 0.29) is 16.3 Å². The van der Waals surface area contributed by atoms with Gasteiger partial charge in [-0.05, 0) is 34.6 Å². The molecule has 0 bridgehead atoms. The SMILES string of the molecule is N#CSc1c(N=O)cc(-c2cccnc2)cc1[N+](=O)[O-]. The van der Waals surface area contributed by atoms with Crippen molar-refractivity contribution >= 4 is 23.1 Å². The predicted molar refractivity (Wildman–Crippen MR) is 73.3 cm³/mol. The quantitative estimate of drug-likeness (QED) is 0.279. The fraction of sp³-hybridized carbons (Fsp3) is 0. The van der Waals surface area contributed by atoms with E-state index in [0.29, 0.717) is 22.9 Å². The monoisotopic (exact) mass is 286 g/mol. The van der Waals surface area contributed by atoms with E-state index in [2.05, 4.69) is 10.2 Å². The Labute approximate surface area is 117 Å². The molecular formula is C12H6N4O3S. The van der Waals surface area contributed by atoms with Gasteiger partial charge in [0.05, 0.1) is 4.92 Å². The van der Waals surface area contributed by atoms with E-state index in [0.717, 1.165) is 0 Å². The Morgan fingerprint density at radius 2 is 2.20 bits per heavy atom. The van der Waals surface area contributed by atoms with Gasteiger partial charge in [0, 0.05) is 24.0 Å². The maximum atomic E-state index is 11.1. The zero-order chi connectivity index (χ0) is 14.5. The summed E-state index contributed by atoms with van der Waals surface area (Å²) in [5.74, 6) is 0. The third kappa shape index (κ3) is 2.62. The van der Waals surface area contributed by atoms with Crippen LogP contribution >= 0.6 is 11.8 Å². The molecule has 0 aliphatic carbocycles. The van der Waals surface area contributed by atoms with Gasteiger partial charge in [-0.25, -0.2) is 0 Å². The number of hydrogen-bond donors (Lipinski definition) is 0. The first-order chi connectivity index (χ1) is 9.67. The Kier molecular flexibility index (Phi) is 4.02. The predicted octanol–water partition coefficient (Wildman–Crippen LogP) is 3.63. The molecule has 0 saturated carbocycles. The van der Waals surface area contributed by atoms with Gasteiger partial charge in [-0.2, -0.15) is 5.26 Å². The van der Waals surface area contributed by atoms with Crippen molar-refractivity contribution in [3.05, 3.63) is 51.7 Å². The highest BCUT2D eigenvalue weighted by molar-refractivity contribution is 8.04. The van der Waals surface area contributed by atoms with Crippen LogP contribution in [0, 0.1) is 25.7 Å². The van der Waals surface area contributed by atoms with Crippen LogP contribution in [0.5, 0.6) is 0 Å². The molecule has 2 rings (SSSR count). The minimum Gasteiger partial charge on any atom is -0.264 e. The molecule has 0 aliphatic heterocycles. The van der Waals surface area contributed by atoms with E-state index in [1.807, 2.05) is 0 Å². The van der Waals surface area contributed by atoms with Crippen molar-refractivity contribution in [3.63, 3.8) is 0 Å². The third-order valence-electron chi connectivity index (χ3n) is 2.49. The summed E-state index contributed by atoms with van der Waals surface area (Å²) >= 11 is 0.540. The number of hydrogen-bond acceptors (Lipinski definition) is 7. The molecule has 0 spiro atoms. The van der Waals surface area contributed by atoms with Crippen molar-refractivity contribution in [1.29, 1.82) is 5.26 Å². The van der Waals surface area contributed by atoms with Crippen LogP contribution in [0.3, 0.4) is 0 Å². The molecule has 8 heteroatoms. The van der Waals surface area contributed by atoms with E-state index in [1.54, 1.807) is 23.7 Å². The molecule has 0 radical (unpaired) electrons. The lowest BCUT2D eigenvalue weighted by atomic mass is 10.1. The van der Waals surface area contributed by atoms with Gasteiger partial charge in [-0.3, -0.25) is 15.1 Å². The van der Waals surface area contributed by atoms with Gasteiger partial charge in [-0.1, -0.05) is 6.07 Å². The van der Waals surface area contributed by atoms with Crippen LogP contribution < -0.4 is 0 Å². The summed E-state index contributed by atoms with van der Waals surface area (Å²) in [6.45, 7) is 0. The Morgan fingerprint density at radius 1 is 1.40 bits per heavy atom. The van der Waals surface area contributed by atoms with Crippen molar-refractivity contribution in [3.8, 4) is 16.5 Å². The summed E-state index contributed by atoms with van der Waals surface area (Å²) in [5.41, 5.74) is 0.604. The normalized spacial score (nSPS) is 9.75. The second-order valence-corrected chi connectivity index (χ2v) is 4.42. The third-order valence-corrected chi connectivity index (χ3v) is 3.20. The van der Waals surface area contributed by atoms with E-state index < -0.39 is 4.92 Å². The number of benzene rings is 1. The summed E-state index contributed by atoms with van der Waals surface area (Å²) in [4.78, 5) is 25.1. The maximum Gasteiger partial charge on any atom is 0.286 e. The number of aromatic nitrogens is 1. The van der Waals surface area contributed by atoms with Crippen molar-refractivity contribution in [2.45, 2.75) is 4.90 Å². The Balaban J connectivity index is 2.69. The van der Waals surface area contributed by atoms with Crippen LogP contribution in [0.15, 0.2) is 46.7 Å². The average Bonchev–Trinajstić information content (AvgIpc) is 2.48. The van der Waals surface area contributed by atoms with E-state index in [1.165, 1.54) is 18.3 Å². The number of nitro benzene ring substituents is 1. The fourth-order valence-electron chi connectivity index (χ4n) is 1.65. The summed E-state index contributed by atoms with van der Waals surface area (Å²) in [7, 11) is 0. The fourth-order valence-corrected chi connectivity index (χ4v) is 2.18. The molecule has 0 saturated heterocycles. The molecule has 2 aromatic rings. The van der Waals surface area contributed by atoms with Gasteiger partial charge in [0.25, 0.3) is 5.69 Å². The van der Waals surface area contributed by atoms with Crippen molar-refractivity contribution in [1.82, 2.24) is 4.98 Å². The molecule has 0 aliphatic rings. The molecule has 1 aromatic carbocycles. The molecule has 0 atom stereocenters. The maximum absolute atomic E-state index is 11.1. The number of nitrogens with zero attached hydrogens (tertiary/aromatic N) is 4. The zero-order valence-electron chi connectivity index (χ0n) is 9.89. The van der Waals surface area contributed by atoms with Crippen LogP contribution in [0.1, 0.15) is 0 Å². The van der Waals surface area contributed by atoms with Crippen LogP contribution in [0.25, 0.3) is 11.1 Å². The number of rotatable bonds is 4. The Hall–Kier alpha value is -2.79. The van der Waals surface area contributed by atoms with Gasteiger partial charge in [-0.15, -0.1) is 4.91 Å². The summed E-state index contributed by atoms with van der Waals surface area (Å²) in [5, 5.41) is 24.2. The highest BCUT2D eigenvalue weighted by Crippen LogP contribution is 2.40. The molecular weight excluding hydrogens is 280 g/mol. The molecule has 0 unspecified atom stereocenters. The van der Waals surface area contributed by atoms with Crippen molar-refractivity contribution < 1.29 is 4.92 Å². The van der Waals surface area contributed by atoms with Crippen molar-refractivity contribution in [2.24, 2.45) is 5.18 Å². The molecule has 98 valence electrons. The van der Waals surface area contributed by atoms with Gasteiger partial charge in [0.2, 0.25) is 0 Å². The molecule has 1 heterocycles. The van der Waals surface area contributed by atoms with Gasteiger partial charge >= 0.3 is 0 Å². The van der Waals surface area contributed by atoms with Crippen LogP contribution in [0.4, 0.5) is 11.4 Å². The summed E-state index contributed by atoms with van der Waals surface area (Å²) in [6.07, 6.45) is 3.08. The largest absolute Gasteiger partial charge is 0.286 e. The highest BCUT2D eigenvalue weighted by Gasteiger charge is 2.21. The van der Waals surface area contributed by atoms with Crippen LogP contribution in [-0.4, -0.2) is 9.91 Å². The second-order valence-electron chi connectivity index (χ2n) is 3.63. The van der Waals surface area contributed by atoms with Gasteiger partial charge in [0.15, 0.2) is 0 Å². The number of pyridine rings is 1. The van der Waals surface area contributed by atoms with E-state index in [4.69, 9.17) is 5.26 Å². The molecule has 20 heavy (non-hydrogen) atoms. The highest BCUT2D eigenvalue weighted by atomic mass is 32.2. The number of nitriles is 1. The minimum absolute atomic E-state index is 0.0554. The molecule has 0 N–H and O–H groups in total. The number of thioether (sulfide) groups is 1. The number of nitroso groups, excluding NO2 is 1. The average molecular weight is 286 g/mol. The standard InChI is InChI=1S/C12H6N4O3S/c13-7-20-12-10(15-17)4-9(5-11(12)16(18)19)8-2-1-3-14-6-8/h1-6H. The first-order valence-corrected chi connectivity index (χ1v) is 6.11.